The fourth-order valence-electron chi connectivity index (χ4n) is 0.856. The third kappa shape index (κ3) is 3.33. The van der Waals surface area contributed by atoms with Crippen LogP contribution < -0.4 is 0 Å². The van der Waals surface area contributed by atoms with E-state index in [9.17, 15) is 0 Å². The van der Waals surface area contributed by atoms with Crippen molar-refractivity contribution in [2.45, 2.75) is 32.6 Å². The van der Waals surface area contributed by atoms with Gasteiger partial charge in [0.05, 0.1) is 0 Å². The van der Waals surface area contributed by atoms with Crippen molar-refractivity contribution in [3.05, 3.63) is 0 Å². The van der Waals surface area contributed by atoms with E-state index in [-0.39, 0.29) is 9.76 Å². The Kier molecular flexibility index (Phi) is 5.76. The second-order valence-corrected chi connectivity index (χ2v) is 3.07. The summed E-state index contributed by atoms with van der Waals surface area (Å²) in [5.41, 5.74) is -0.733. The smallest absolute Gasteiger partial charge is 0.300 e. The van der Waals surface area contributed by atoms with Gasteiger partial charge in [-0.05, 0) is 20.3 Å². The lowest BCUT2D eigenvalue weighted by atomic mass is 10.4. The molecule has 1 N–H and O–H groups in total. The molecule has 0 aromatic heterocycles. The van der Waals surface area contributed by atoms with E-state index < -0.39 is 5.41 Å². The second kappa shape index (κ2) is 5.71. The van der Waals surface area contributed by atoms with E-state index in [1.165, 1.54) is 0 Å². The fourth-order valence-corrected chi connectivity index (χ4v) is 1.43. The summed E-state index contributed by atoms with van der Waals surface area (Å²) in [4.78, 5) is 9.02. The van der Waals surface area contributed by atoms with E-state index in [2.05, 4.69) is 0 Å². The quantitative estimate of drug-likeness (QED) is 0.479. The standard InChI is InChI=1S/C7H16O3Si/c1-4-7(11-8,9-5-2)10-6-3/h8H,4-6H2,1-3H3. The van der Waals surface area contributed by atoms with E-state index in [1.807, 2.05) is 20.8 Å². The number of hydrogen-bond donors (Lipinski definition) is 1. The minimum Gasteiger partial charge on any atom is -0.428 e. The molecule has 0 aromatic carbocycles. The van der Waals surface area contributed by atoms with Gasteiger partial charge in [-0.25, -0.2) is 0 Å². The molecular weight excluding hydrogens is 160 g/mol. The van der Waals surface area contributed by atoms with Crippen LogP contribution in [0.15, 0.2) is 0 Å². The van der Waals surface area contributed by atoms with E-state index >= 15 is 0 Å². The van der Waals surface area contributed by atoms with Gasteiger partial charge in [0.1, 0.15) is 0 Å². The van der Waals surface area contributed by atoms with Gasteiger partial charge in [-0.2, -0.15) is 0 Å². The number of rotatable bonds is 6. The zero-order valence-corrected chi connectivity index (χ0v) is 8.39. The first-order valence-electron chi connectivity index (χ1n) is 3.93. The van der Waals surface area contributed by atoms with Crippen LogP contribution >= 0.6 is 0 Å². The van der Waals surface area contributed by atoms with Crippen LogP contribution in [0, 0.1) is 0 Å². The van der Waals surface area contributed by atoms with Gasteiger partial charge in [0, 0.05) is 13.2 Å². The zero-order chi connectivity index (χ0) is 8.74. The van der Waals surface area contributed by atoms with E-state index in [0.717, 1.165) is 0 Å². The molecule has 11 heavy (non-hydrogen) atoms. The summed E-state index contributed by atoms with van der Waals surface area (Å²) >= 11 is 0. The molecule has 0 atom stereocenters. The lowest BCUT2D eigenvalue weighted by molar-refractivity contribution is -0.182. The van der Waals surface area contributed by atoms with Crippen molar-refractivity contribution in [1.29, 1.82) is 0 Å². The first-order valence-corrected chi connectivity index (χ1v) is 4.88. The van der Waals surface area contributed by atoms with Crippen LogP contribution in [0.2, 0.25) is 0 Å². The van der Waals surface area contributed by atoms with E-state index in [0.29, 0.717) is 19.6 Å². The maximum atomic E-state index is 9.02. The maximum absolute atomic E-state index is 9.02. The Bertz CT molecular complexity index is 85.7. The van der Waals surface area contributed by atoms with Crippen molar-refractivity contribution in [1.82, 2.24) is 0 Å². The largest absolute Gasteiger partial charge is 0.428 e. The molecule has 0 aliphatic rings. The molecule has 0 fully saturated rings. The van der Waals surface area contributed by atoms with Gasteiger partial charge in [-0.1, -0.05) is 6.92 Å². The Balaban J connectivity index is 3.96. The topological polar surface area (TPSA) is 38.7 Å². The van der Waals surface area contributed by atoms with E-state index in [1.54, 1.807) is 0 Å². The minimum absolute atomic E-state index is 0.312. The zero-order valence-electron chi connectivity index (χ0n) is 7.39. The molecule has 0 saturated heterocycles. The molecule has 4 heteroatoms. The molecule has 0 heterocycles. The summed E-state index contributed by atoms with van der Waals surface area (Å²) in [5, 5.41) is 0. The third-order valence-corrected chi connectivity index (χ3v) is 2.37. The third-order valence-electron chi connectivity index (χ3n) is 1.39. The molecule has 0 aliphatic heterocycles. The van der Waals surface area contributed by atoms with Gasteiger partial charge in [0.15, 0.2) is 5.41 Å². The summed E-state index contributed by atoms with van der Waals surface area (Å²) in [6.07, 6.45) is 0.684. The van der Waals surface area contributed by atoms with Crippen molar-refractivity contribution >= 4 is 9.76 Å². The Morgan fingerprint density at radius 1 is 1.18 bits per heavy atom. The molecule has 3 nitrogen and oxygen atoms in total. The highest BCUT2D eigenvalue weighted by Crippen LogP contribution is 2.14. The predicted molar refractivity (Wildman–Crippen MR) is 44.2 cm³/mol. The van der Waals surface area contributed by atoms with Crippen molar-refractivity contribution in [2.75, 3.05) is 13.2 Å². The van der Waals surface area contributed by atoms with Crippen molar-refractivity contribution in [2.24, 2.45) is 0 Å². The normalized spacial score (nSPS) is 12.0. The molecule has 0 rings (SSSR count). The van der Waals surface area contributed by atoms with Crippen LogP contribution in [0.3, 0.4) is 0 Å². The van der Waals surface area contributed by atoms with Crippen molar-refractivity contribution < 1.29 is 14.3 Å². The molecule has 2 radical (unpaired) electrons. The maximum Gasteiger partial charge on any atom is 0.300 e. The van der Waals surface area contributed by atoms with Crippen LogP contribution in [0.4, 0.5) is 0 Å². The van der Waals surface area contributed by atoms with Gasteiger partial charge < -0.3 is 14.3 Å². The molecule has 0 saturated carbocycles. The van der Waals surface area contributed by atoms with Crippen LogP contribution in [0.25, 0.3) is 0 Å². The SMILES string of the molecule is CCOC(CC)(OCC)[Si]O. The molecule has 0 amide bonds. The first kappa shape index (κ1) is 11.1. The van der Waals surface area contributed by atoms with Gasteiger partial charge in [-0.15, -0.1) is 0 Å². The van der Waals surface area contributed by atoms with Crippen molar-refractivity contribution in [3.63, 3.8) is 0 Å². The van der Waals surface area contributed by atoms with Gasteiger partial charge in [-0.3, -0.25) is 0 Å². The highest BCUT2D eigenvalue weighted by Gasteiger charge is 2.29. The number of hydrogen-bond acceptors (Lipinski definition) is 3. The molecule has 0 unspecified atom stereocenters. The van der Waals surface area contributed by atoms with Gasteiger partial charge in [0.2, 0.25) is 0 Å². The average Bonchev–Trinajstić information content (AvgIpc) is 2.04. The van der Waals surface area contributed by atoms with Crippen molar-refractivity contribution in [3.8, 4) is 0 Å². The Labute approximate surface area is 70.6 Å². The molecule has 0 aliphatic carbocycles. The summed E-state index contributed by atoms with van der Waals surface area (Å²) in [5.74, 6) is 0. The van der Waals surface area contributed by atoms with Crippen LogP contribution in [-0.4, -0.2) is 33.2 Å². The second-order valence-electron chi connectivity index (χ2n) is 2.08. The molecule has 0 aromatic rings. The van der Waals surface area contributed by atoms with Crippen LogP contribution in [0.5, 0.6) is 0 Å². The highest BCUT2D eigenvalue weighted by molar-refractivity contribution is 6.29. The summed E-state index contributed by atoms with van der Waals surface area (Å²) in [7, 11) is -0.312. The van der Waals surface area contributed by atoms with Gasteiger partial charge >= 0.3 is 9.76 Å². The highest BCUT2D eigenvalue weighted by atomic mass is 28.2. The Hall–Kier alpha value is 0.0969. The van der Waals surface area contributed by atoms with E-state index in [4.69, 9.17) is 14.3 Å². The molecule has 0 bridgehead atoms. The van der Waals surface area contributed by atoms with Crippen LogP contribution in [0.1, 0.15) is 27.2 Å². The molecule has 66 valence electrons. The van der Waals surface area contributed by atoms with Gasteiger partial charge in [0.25, 0.3) is 0 Å². The Morgan fingerprint density at radius 2 is 1.64 bits per heavy atom. The predicted octanol–water partition coefficient (Wildman–Crippen LogP) is 0.735. The summed E-state index contributed by atoms with van der Waals surface area (Å²) < 4.78 is 10.6. The summed E-state index contributed by atoms with van der Waals surface area (Å²) in [6, 6.07) is 0. The number of ether oxygens (including phenoxy) is 2. The monoisotopic (exact) mass is 176 g/mol. The molecule has 0 spiro atoms. The first-order chi connectivity index (χ1) is 5.24. The summed E-state index contributed by atoms with van der Waals surface area (Å²) in [6.45, 7) is 6.87. The Morgan fingerprint density at radius 3 is 1.82 bits per heavy atom. The fraction of sp³-hybridized carbons (Fsp3) is 1.00. The van der Waals surface area contributed by atoms with Crippen LogP contribution in [-0.2, 0) is 9.47 Å². The minimum atomic E-state index is -0.733. The lowest BCUT2D eigenvalue weighted by Gasteiger charge is -2.28. The lowest BCUT2D eigenvalue weighted by Crippen LogP contribution is -2.42. The average molecular weight is 176 g/mol. The molecular formula is C7H16O3Si.